The molecule has 1 atom stereocenters. The molecule has 0 amide bonds. The van der Waals surface area contributed by atoms with Gasteiger partial charge >= 0.3 is 0 Å². The van der Waals surface area contributed by atoms with Crippen LogP contribution in [-0.4, -0.2) is 34.6 Å². The quantitative estimate of drug-likeness (QED) is 0.758. The topological polar surface area (TPSA) is 62.0 Å². The van der Waals surface area contributed by atoms with E-state index in [2.05, 4.69) is 20.8 Å². The lowest BCUT2D eigenvalue weighted by Crippen LogP contribution is -2.34. The van der Waals surface area contributed by atoms with Crippen molar-refractivity contribution < 1.29 is 4.74 Å². The Bertz CT molecular complexity index is 593. The fraction of sp³-hybridized carbons (Fsp3) is 0.333. The maximum Gasteiger partial charge on any atom is 0.172 e. The van der Waals surface area contributed by atoms with Crippen LogP contribution in [0.2, 0.25) is 0 Å². The van der Waals surface area contributed by atoms with E-state index in [1.807, 2.05) is 36.4 Å². The van der Waals surface area contributed by atoms with Gasteiger partial charge in [0.15, 0.2) is 10.9 Å². The minimum Gasteiger partial charge on any atom is -0.376 e. The number of thiocarbonyl (C=S) groups is 1. The van der Waals surface area contributed by atoms with Gasteiger partial charge in [-0.15, -0.1) is 0 Å². The molecule has 2 heterocycles. The highest BCUT2D eigenvalue weighted by Crippen LogP contribution is 2.19. The molecular formula is C15H18N4OS. The largest absolute Gasteiger partial charge is 0.376 e. The monoisotopic (exact) mass is 302 g/mol. The zero-order valence-electron chi connectivity index (χ0n) is 11.6. The smallest absolute Gasteiger partial charge is 0.172 e. The van der Waals surface area contributed by atoms with E-state index in [4.69, 9.17) is 17.0 Å². The van der Waals surface area contributed by atoms with Gasteiger partial charge in [-0.25, -0.2) is 0 Å². The van der Waals surface area contributed by atoms with E-state index >= 15 is 0 Å². The number of rotatable bonds is 4. The number of nitrogens with one attached hydrogen (secondary N) is 3. The highest BCUT2D eigenvalue weighted by Gasteiger charge is 2.15. The first kappa shape index (κ1) is 14.0. The summed E-state index contributed by atoms with van der Waals surface area (Å²) in [6.45, 7) is 1.59. The Balaban J connectivity index is 1.53. The van der Waals surface area contributed by atoms with Gasteiger partial charge in [-0.3, -0.25) is 5.10 Å². The van der Waals surface area contributed by atoms with Crippen molar-refractivity contribution in [3.05, 3.63) is 36.4 Å². The van der Waals surface area contributed by atoms with Crippen LogP contribution in [-0.2, 0) is 4.74 Å². The van der Waals surface area contributed by atoms with Crippen molar-refractivity contribution in [2.75, 3.05) is 18.5 Å². The lowest BCUT2D eigenvalue weighted by Gasteiger charge is -2.12. The summed E-state index contributed by atoms with van der Waals surface area (Å²) in [7, 11) is 0. The first-order chi connectivity index (χ1) is 10.3. The minimum absolute atomic E-state index is 0.267. The van der Waals surface area contributed by atoms with E-state index in [1.165, 1.54) is 0 Å². The number of aromatic nitrogens is 2. The van der Waals surface area contributed by atoms with Gasteiger partial charge in [0, 0.05) is 19.2 Å². The molecule has 0 unspecified atom stereocenters. The van der Waals surface area contributed by atoms with Gasteiger partial charge in [-0.2, -0.15) is 5.10 Å². The molecule has 0 saturated carbocycles. The average molecular weight is 302 g/mol. The highest BCUT2D eigenvalue weighted by molar-refractivity contribution is 7.80. The summed E-state index contributed by atoms with van der Waals surface area (Å²) < 4.78 is 5.54. The lowest BCUT2D eigenvalue weighted by atomic mass is 10.2. The first-order valence-corrected chi connectivity index (χ1v) is 7.49. The molecule has 2 aromatic rings. The molecule has 1 fully saturated rings. The van der Waals surface area contributed by atoms with Crippen LogP contribution in [0.15, 0.2) is 36.4 Å². The van der Waals surface area contributed by atoms with Crippen molar-refractivity contribution in [1.29, 1.82) is 0 Å². The second kappa shape index (κ2) is 6.69. The predicted molar refractivity (Wildman–Crippen MR) is 87.2 cm³/mol. The van der Waals surface area contributed by atoms with E-state index in [9.17, 15) is 0 Å². The van der Waals surface area contributed by atoms with E-state index in [0.29, 0.717) is 10.9 Å². The minimum atomic E-state index is 0.267. The van der Waals surface area contributed by atoms with E-state index in [0.717, 1.165) is 37.3 Å². The van der Waals surface area contributed by atoms with Crippen molar-refractivity contribution in [3.8, 4) is 11.3 Å². The molecule has 1 aliphatic heterocycles. The van der Waals surface area contributed by atoms with Gasteiger partial charge in [0.25, 0.3) is 0 Å². The van der Waals surface area contributed by atoms with E-state index < -0.39 is 0 Å². The van der Waals surface area contributed by atoms with Crippen LogP contribution < -0.4 is 10.6 Å². The second-order valence-corrected chi connectivity index (χ2v) is 5.41. The molecule has 0 radical (unpaired) electrons. The van der Waals surface area contributed by atoms with Gasteiger partial charge in [-0.1, -0.05) is 30.3 Å². The normalized spacial score (nSPS) is 17.6. The number of H-pyrrole nitrogens is 1. The van der Waals surface area contributed by atoms with Crippen molar-refractivity contribution >= 4 is 23.1 Å². The Morgan fingerprint density at radius 3 is 3.00 bits per heavy atom. The summed E-state index contributed by atoms with van der Waals surface area (Å²) >= 11 is 5.26. The molecule has 1 saturated heterocycles. The third kappa shape index (κ3) is 3.80. The highest BCUT2D eigenvalue weighted by atomic mass is 32.1. The molecule has 21 heavy (non-hydrogen) atoms. The summed E-state index contributed by atoms with van der Waals surface area (Å²) in [5, 5.41) is 14.0. The van der Waals surface area contributed by atoms with Crippen LogP contribution >= 0.6 is 12.2 Å². The zero-order valence-corrected chi connectivity index (χ0v) is 12.5. The Labute approximate surface area is 129 Å². The third-order valence-corrected chi connectivity index (χ3v) is 3.66. The summed E-state index contributed by atoms with van der Waals surface area (Å²) in [6, 6.07) is 12.0. The first-order valence-electron chi connectivity index (χ1n) is 7.08. The molecule has 0 spiro atoms. The summed E-state index contributed by atoms with van der Waals surface area (Å²) in [6.07, 6.45) is 2.49. The number of nitrogens with zero attached hydrogens (tertiary/aromatic N) is 1. The second-order valence-electron chi connectivity index (χ2n) is 5.00. The van der Waals surface area contributed by atoms with Crippen LogP contribution in [0, 0.1) is 0 Å². The van der Waals surface area contributed by atoms with Gasteiger partial charge < -0.3 is 15.4 Å². The number of anilines is 1. The summed E-state index contributed by atoms with van der Waals surface area (Å²) in [5.41, 5.74) is 2.05. The van der Waals surface area contributed by atoms with Crippen molar-refractivity contribution in [3.63, 3.8) is 0 Å². The van der Waals surface area contributed by atoms with E-state index in [1.54, 1.807) is 0 Å². The van der Waals surface area contributed by atoms with Crippen LogP contribution in [0.3, 0.4) is 0 Å². The molecule has 110 valence electrons. The van der Waals surface area contributed by atoms with Crippen LogP contribution in [0.1, 0.15) is 12.8 Å². The van der Waals surface area contributed by atoms with E-state index in [-0.39, 0.29) is 6.10 Å². The van der Waals surface area contributed by atoms with Crippen molar-refractivity contribution in [1.82, 2.24) is 15.5 Å². The fourth-order valence-corrected chi connectivity index (χ4v) is 2.51. The van der Waals surface area contributed by atoms with Gasteiger partial charge in [0.2, 0.25) is 0 Å². The Morgan fingerprint density at radius 2 is 2.24 bits per heavy atom. The molecule has 1 aromatic carbocycles. The zero-order chi connectivity index (χ0) is 14.5. The summed E-state index contributed by atoms with van der Waals surface area (Å²) in [4.78, 5) is 0. The molecule has 3 N–H and O–H groups in total. The maximum atomic E-state index is 5.54. The van der Waals surface area contributed by atoms with Crippen LogP contribution in [0.25, 0.3) is 11.3 Å². The van der Waals surface area contributed by atoms with Crippen molar-refractivity contribution in [2.24, 2.45) is 0 Å². The Kier molecular flexibility index (Phi) is 4.47. The number of benzene rings is 1. The molecular weight excluding hydrogens is 284 g/mol. The third-order valence-electron chi connectivity index (χ3n) is 3.42. The molecule has 3 rings (SSSR count). The maximum absolute atomic E-state index is 5.54. The fourth-order valence-electron chi connectivity index (χ4n) is 2.32. The molecule has 6 heteroatoms. The Hall–Kier alpha value is -1.92. The summed E-state index contributed by atoms with van der Waals surface area (Å²) in [5.74, 6) is 0.707. The SMILES string of the molecule is S=C(NC[C@H]1CCCO1)Nc1cc(-c2ccccc2)[nH]n1. The number of ether oxygens (including phenoxy) is 1. The number of hydrogen-bond donors (Lipinski definition) is 3. The molecule has 5 nitrogen and oxygen atoms in total. The Morgan fingerprint density at radius 1 is 1.38 bits per heavy atom. The lowest BCUT2D eigenvalue weighted by molar-refractivity contribution is 0.114. The van der Waals surface area contributed by atoms with Gasteiger partial charge in [0.05, 0.1) is 11.8 Å². The van der Waals surface area contributed by atoms with Crippen LogP contribution in [0.5, 0.6) is 0 Å². The standard InChI is InChI=1S/C15H18N4OS/c21-15(16-10-12-7-4-8-20-12)17-14-9-13(18-19-14)11-5-2-1-3-6-11/h1-3,5-6,9,12H,4,7-8,10H2,(H3,16,17,18,19,21)/t12-/m1/s1. The molecule has 1 aromatic heterocycles. The van der Waals surface area contributed by atoms with Gasteiger partial charge in [-0.05, 0) is 30.6 Å². The average Bonchev–Trinajstić information content (AvgIpc) is 3.17. The van der Waals surface area contributed by atoms with Gasteiger partial charge in [0.1, 0.15) is 0 Å². The molecule has 0 aliphatic carbocycles. The van der Waals surface area contributed by atoms with Crippen LogP contribution in [0.4, 0.5) is 5.82 Å². The molecule has 1 aliphatic rings. The predicted octanol–water partition coefficient (Wildman–Crippen LogP) is 2.54. The number of hydrogen-bond acceptors (Lipinski definition) is 3. The number of aromatic amines is 1. The molecule has 0 bridgehead atoms. The van der Waals surface area contributed by atoms with Crippen molar-refractivity contribution in [2.45, 2.75) is 18.9 Å².